The van der Waals surface area contributed by atoms with Crippen molar-refractivity contribution in [3.63, 3.8) is 0 Å². The molecule has 1 aromatic carbocycles. The summed E-state index contributed by atoms with van der Waals surface area (Å²) >= 11 is 9.19. The van der Waals surface area contributed by atoms with E-state index in [4.69, 9.17) is 11.6 Å². The van der Waals surface area contributed by atoms with Crippen LogP contribution in [0.4, 0.5) is 0 Å². The largest absolute Gasteiger partial charge is 0.352 e. The van der Waals surface area contributed by atoms with Crippen LogP contribution in [0.3, 0.4) is 0 Å². The third-order valence-electron chi connectivity index (χ3n) is 1.87. The van der Waals surface area contributed by atoms with Crippen LogP contribution in [-0.4, -0.2) is 12.5 Å². The lowest BCUT2D eigenvalue weighted by molar-refractivity contribution is 0.0948. The van der Waals surface area contributed by atoms with E-state index in [1.54, 1.807) is 18.2 Å². The molecule has 1 amide bonds. The number of carbonyl (C=O) groups is 1. The van der Waals surface area contributed by atoms with Gasteiger partial charge in [-0.05, 0) is 34.0 Å². The van der Waals surface area contributed by atoms with Crippen LogP contribution in [-0.2, 0) is 0 Å². The van der Waals surface area contributed by atoms with Crippen LogP contribution >= 0.6 is 27.5 Å². The summed E-state index contributed by atoms with van der Waals surface area (Å²) in [6.45, 7) is 4.76. The average molecular weight is 291 g/mol. The third kappa shape index (κ3) is 3.50. The molecule has 0 radical (unpaired) electrons. The first kappa shape index (κ1) is 12.5. The lowest BCUT2D eigenvalue weighted by Crippen LogP contribution is -2.27. The van der Waals surface area contributed by atoms with Crippen LogP contribution in [0.2, 0.25) is 5.02 Å². The molecule has 82 valence electrons. The van der Waals surface area contributed by atoms with E-state index in [-0.39, 0.29) is 5.91 Å². The summed E-state index contributed by atoms with van der Waals surface area (Å²) in [5.74, 6) is 0.338. The van der Waals surface area contributed by atoms with Crippen molar-refractivity contribution in [1.29, 1.82) is 0 Å². The molecule has 1 aromatic rings. The number of nitrogens with one attached hydrogen (secondary N) is 1. The Bertz CT molecular complexity index is 366. The monoisotopic (exact) mass is 289 g/mol. The molecule has 0 spiro atoms. The molecule has 0 saturated carbocycles. The minimum absolute atomic E-state index is 0.0990. The predicted octanol–water partition coefficient (Wildman–Crippen LogP) is 3.49. The SMILES string of the molecule is CC(C)CNC(=O)c1cccc(Cl)c1Br. The number of hydrogen-bond donors (Lipinski definition) is 1. The fourth-order valence-electron chi connectivity index (χ4n) is 1.07. The van der Waals surface area contributed by atoms with E-state index in [1.165, 1.54) is 0 Å². The molecule has 0 aromatic heterocycles. The van der Waals surface area contributed by atoms with E-state index in [0.29, 0.717) is 27.5 Å². The minimum atomic E-state index is -0.0990. The van der Waals surface area contributed by atoms with Gasteiger partial charge < -0.3 is 5.32 Å². The van der Waals surface area contributed by atoms with Crippen molar-refractivity contribution in [2.45, 2.75) is 13.8 Å². The molecule has 1 N–H and O–H groups in total. The zero-order valence-corrected chi connectivity index (χ0v) is 11.0. The van der Waals surface area contributed by atoms with Gasteiger partial charge in [0.25, 0.3) is 5.91 Å². The van der Waals surface area contributed by atoms with Gasteiger partial charge in [-0.2, -0.15) is 0 Å². The van der Waals surface area contributed by atoms with Crippen LogP contribution in [0.5, 0.6) is 0 Å². The first-order chi connectivity index (χ1) is 7.02. The van der Waals surface area contributed by atoms with Crippen LogP contribution < -0.4 is 5.32 Å². The van der Waals surface area contributed by atoms with Crippen LogP contribution in [0, 0.1) is 5.92 Å². The summed E-state index contributed by atoms with van der Waals surface area (Å²) < 4.78 is 0.646. The predicted molar refractivity (Wildman–Crippen MR) is 66.3 cm³/mol. The number of hydrogen-bond acceptors (Lipinski definition) is 1. The molecule has 2 nitrogen and oxygen atoms in total. The highest BCUT2D eigenvalue weighted by molar-refractivity contribution is 9.10. The summed E-state index contributed by atoms with van der Waals surface area (Å²) in [6.07, 6.45) is 0. The molecule has 0 saturated heterocycles. The van der Waals surface area contributed by atoms with Crippen molar-refractivity contribution >= 4 is 33.4 Å². The van der Waals surface area contributed by atoms with Crippen LogP contribution in [0.25, 0.3) is 0 Å². The second-order valence-electron chi connectivity index (χ2n) is 3.71. The molecule has 0 aliphatic rings. The maximum absolute atomic E-state index is 11.7. The first-order valence-corrected chi connectivity index (χ1v) is 5.91. The van der Waals surface area contributed by atoms with Gasteiger partial charge in [0.15, 0.2) is 0 Å². The Hall–Kier alpha value is -0.540. The molecule has 0 aliphatic carbocycles. The topological polar surface area (TPSA) is 29.1 Å². The summed E-state index contributed by atoms with van der Waals surface area (Å²) in [4.78, 5) is 11.7. The molecule has 0 unspecified atom stereocenters. The Labute approximate surface area is 103 Å². The Kier molecular flexibility index (Phi) is 4.61. The maximum atomic E-state index is 11.7. The lowest BCUT2D eigenvalue weighted by atomic mass is 10.2. The van der Waals surface area contributed by atoms with Gasteiger partial charge in [0.05, 0.1) is 10.6 Å². The molecule has 0 bridgehead atoms. The standard InChI is InChI=1S/C11H13BrClNO/c1-7(2)6-14-11(15)8-4-3-5-9(13)10(8)12/h3-5,7H,6H2,1-2H3,(H,14,15). The lowest BCUT2D eigenvalue weighted by Gasteiger charge is -2.09. The minimum Gasteiger partial charge on any atom is -0.352 e. The smallest absolute Gasteiger partial charge is 0.252 e. The second kappa shape index (κ2) is 5.52. The summed E-state index contributed by atoms with van der Waals surface area (Å²) in [5, 5.41) is 3.39. The molecule has 1 rings (SSSR count). The van der Waals surface area contributed by atoms with Gasteiger partial charge >= 0.3 is 0 Å². The van der Waals surface area contributed by atoms with Crippen LogP contribution in [0.1, 0.15) is 24.2 Å². The molecule has 0 atom stereocenters. The van der Waals surface area contributed by atoms with E-state index < -0.39 is 0 Å². The van der Waals surface area contributed by atoms with Gasteiger partial charge in [-0.15, -0.1) is 0 Å². The molecular formula is C11H13BrClNO. The van der Waals surface area contributed by atoms with Gasteiger partial charge in [0, 0.05) is 11.0 Å². The van der Waals surface area contributed by atoms with Crippen molar-refractivity contribution in [1.82, 2.24) is 5.32 Å². The van der Waals surface area contributed by atoms with Gasteiger partial charge in [-0.1, -0.05) is 31.5 Å². The highest BCUT2D eigenvalue weighted by Crippen LogP contribution is 2.25. The number of halogens is 2. The Morgan fingerprint density at radius 1 is 1.53 bits per heavy atom. The zero-order chi connectivity index (χ0) is 11.4. The van der Waals surface area contributed by atoms with E-state index in [0.717, 1.165) is 0 Å². The summed E-state index contributed by atoms with van der Waals surface area (Å²) in [7, 11) is 0. The normalized spacial score (nSPS) is 10.5. The van der Waals surface area contributed by atoms with Crippen molar-refractivity contribution in [2.24, 2.45) is 5.92 Å². The number of rotatable bonds is 3. The Balaban J connectivity index is 2.78. The van der Waals surface area contributed by atoms with Crippen molar-refractivity contribution in [3.8, 4) is 0 Å². The molecule has 4 heteroatoms. The Morgan fingerprint density at radius 3 is 2.80 bits per heavy atom. The van der Waals surface area contributed by atoms with Crippen molar-refractivity contribution < 1.29 is 4.79 Å². The average Bonchev–Trinajstić information content (AvgIpc) is 2.18. The zero-order valence-electron chi connectivity index (χ0n) is 8.68. The quantitative estimate of drug-likeness (QED) is 0.907. The van der Waals surface area contributed by atoms with E-state index in [2.05, 4.69) is 21.2 Å². The van der Waals surface area contributed by atoms with E-state index >= 15 is 0 Å². The van der Waals surface area contributed by atoms with E-state index in [1.807, 2.05) is 13.8 Å². The fourth-order valence-corrected chi connectivity index (χ4v) is 1.69. The first-order valence-electron chi connectivity index (χ1n) is 4.74. The van der Waals surface area contributed by atoms with Gasteiger partial charge in [-0.25, -0.2) is 0 Å². The number of amides is 1. The molecule has 0 aliphatic heterocycles. The van der Waals surface area contributed by atoms with Gasteiger partial charge in [0.2, 0.25) is 0 Å². The molecule has 0 fully saturated rings. The van der Waals surface area contributed by atoms with Gasteiger partial charge in [0.1, 0.15) is 0 Å². The van der Waals surface area contributed by atoms with Crippen molar-refractivity contribution in [2.75, 3.05) is 6.54 Å². The second-order valence-corrected chi connectivity index (χ2v) is 4.91. The molecular weight excluding hydrogens is 277 g/mol. The van der Waals surface area contributed by atoms with Gasteiger partial charge in [-0.3, -0.25) is 4.79 Å². The Morgan fingerprint density at radius 2 is 2.20 bits per heavy atom. The fraction of sp³-hybridized carbons (Fsp3) is 0.364. The third-order valence-corrected chi connectivity index (χ3v) is 3.26. The summed E-state index contributed by atoms with van der Waals surface area (Å²) in [5.41, 5.74) is 0.572. The highest BCUT2D eigenvalue weighted by atomic mass is 79.9. The van der Waals surface area contributed by atoms with Crippen molar-refractivity contribution in [3.05, 3.63) is 33.3 Å². The summed E-state index contributed by atoms with van der Waals surface area (Å²) in [6, 6.07) is 5.24. The number of benzene rings is 1. The molecule has 0 heterocycles. The highest BCUT2D eigenvalue weighted by Gasteiger charge is 2.11. The maximum Gasteiger partial charge on any atom is 0.252 e. The number of carbonyl (C=O) groups excluding carboxylic acids is 1. The van der Waals surface area contributed by atoms with E-state index in [9.17, 15) is 4.79 Å². The molecule has 15 heavy (non-hydrogen) atoms. The van der Waals surface area contributed by atoms with Crippen LogP contribution in [0.15, 0.2) is 22.7 Å².